The highest BCUT2D eigenvalue weighted by molar-refractivity contribution is 8.00. The van der Waals surface area contributed by atoms with Crippen LogP contribution < -0.4 is 0 Å². The third-order valence-electron chi connectivity index (χ3n) is 3.93. The van der Waals surface area contributed by atoms with Gasteiger partial charge in [-0.05, 0) is 37.5 Å². The summed E-state index contributed by atoms with van der Waals surface area (Å²) >= 11 is 1.83. The molecule has 0 unspecified atom stereocenters. The molecule has 0 atom stereocenters. The molecule has 3 rings (SSSR count). The van der Waals surface area contributed by atoms with Crippen molar-refractivity contribution in [1.82, 2.24) is 4.31 Å². The van der Waals surface area contributed by atoms with E-state index in [1.165, 1.54) is 0 Å². The molecule has 1 aromatic rings. The van der Waals surface area contributed by atoms with Crippen molar-refractivity contribution in [1.29, 1.82) is 0 Å². The number of rotatable bonds is 2. The molecule has 6 heteroatoms. The first kappa shape index (κ1) is 14.4. The monoisotopic (exact) mass is 313 g/mol. The van der Waals surface area contributed by atoms with Gasteiger partial charge < -0.3 is 4.74 Å². The molecule has 4 nitrogen and oxygen atoms in total. The van der Waals surface area contributed by atoms with Crippen LogP contribution in [0.5, 0.6) is 0 Å². The van der Waals surface area contributed by atoms with E-state index in [-0.39, 0.29) is 4.93 Å². The molecule has 110 valence electrons. The zero-order valence-electron chi connectivity index (χ0n) is 11.5. The zero-order chi connectivity index (χ0) is 14.2. The lowest BCUT2D eigenvalue weighted by Crippen LogP contribution is -2.44. The molecule has 2 aliphatic heterocycles. The van der Waals surface area contributed by atoms with Crippen LogP contribution in [0.2, 0.25) is 0 Å². The van der Waals surface area contributed by atoms with Crippen molar-refractivity contribution < 1.29 is 13.2 Å². The van der Waals surface area contributed by atoms with Crippen molar-refractivity contribution in [3.05, 3.63) is 29.8 Å². The number of aryl methyl sites for hydroxylation is 1. The first-order valence-electron chi connectivity index (χ1n) is 6.87. The van der Waals surface area contributed by atoms with Gasteiger partial charge in [-0.3, -0.25) is 0 Å². The smallest absolute Gasteiger partial charge is 0.243 e. The second-order valence-corrected chi connectivity index (χ2v) is 8.71. The summed E-state index contributed by atoms with van der Waals surface area (Å²) in [6.45, 7) is 3.79. The van der Waals surface area contributed by atoms with Crippen LogP contribution in [-0.4, -0.2) is 43.1 Å². The van der Waals surface area contributed by atoms with Crippen LogP contribution >= 0.6 is 11.8 Å². The maximum Gasteiger partial charge on any atom is 0.243 e. The summed E-state index contributed by atoms with van der Waals surface area (Å²) in [6, 6.07) is 7.12. The molecule has 1 spiro atoms. The maximum atomic E-state index is 12.6. The Hall–Kier alpha value is -0.560. The van der Waals surface area contributed by atoms with Crippen LogP contribution in [0.1, 0.15) is 18.4 Å². The third-order valence-corrected chi connectivity index (χ3v) is 7.24. The predicted molar refractivity (Wildman–Crippen MR) is 80.3 cm³/mol. The summed E-state index contributed by atoms with van der Waals surface area (Å²) in [5.41, 5.74) is 0.967. The third kappa shape index (κ3) is 2.62. The zero-order valence-corrected chi connectivity index (χ0v) is 13.2. The molecule has 0 aromatic heterocycles. The van der Waals surface area contributed by atoms with Crippen LogP contribution in [0.25, 0.3) is 0 Å². The van der Waals surface area contributed by atoms with Crippen LogP contribution in [0.4, 0.5) is 0 Å². The van der Waals surface area contributed by atoms with Gasteiger partial charge in [-0.25, -0.2) is 8.42 Å². The van der Waals surface area contributed by atoms with E-state index < -0.39 is 10.0 Å². The van der Waals surface area contributed by atoms with E-state index in [1.54, 1.807) is 22.5 Å². The van der Waals surface area contributed by atoms with Gasteiger partial charge >= 0.3 is 0 Å². The largest absolute Gasteiger partial charge is 0.363 e. The molecule has 2 saturated heterocycles. The number of ether oxygens (including phenoxy) is 1. The molecule has 2 aliphatic rings. The lowest BCUT2D eigenvalue weighted by atomic mass is 10.1. The molecule has 0 bridgehead atoms. The van der Waals surface area contributed by atoms with Gasteiger partial charge in [-0.15, -0.1) is 11.8 Å². The number of sulfonamides is 1. The summed E-state index contributed by atoms with van der Waals surface area (Å²) in [5.74, 6) is 1.02. The molecule has 20 heavy (non-hydrogen) atoms. The number of piperidine rings is 1. The van der Waals surface area contributed by atoms with Gasteiger partial charge in [0.05, 0.1) is 11.5 Å². The average Bonchev–Trinajstić information content (AvgIpc) is 2.87. The van der Waals surface area contributed by atoms with Crippen LogP contribution in [0.15, 0.2) is 29.2 Å². The van der Waals surface area contributed by atoms with Crippen molar-refractivity contribution >= 4 is 21.8 Å². The molecular weight excluding hydrogens is 294 g/mol. The van der Waals surface area contributed by atoms with Crippen molar-refractivity contribution in [2.24, 2.45) is 0 Å². The van der Waals surface area contributed by atoms with Gasteiger partial charge in [0.15, 0.2) is 0 Å². The summed E-state index contributed by atoms with van der Waals surface area (Å²) in [5, 5.41) is 0. The molecule has 2 fully saturated rings. The highest BCUT2D eigenvalue weighted by atomic mass is 32.2. The van der Waals surface area contributed by atoms with Gasteiger partial charge in [-0.1, -0.05) is 12.1 Å². The van der Waals surface area contributed by atoms with Crippen molar-refractivity contribution in [2.75, 3.05) is 25.4 Å². The number of benzene rings is 1. The van der Waals surface area contributed by atoms with Crippen LogP contribution in [0, 0.1) is 6.92 Å². The summed E-state index contributed by atoms with van der Waals surface area (Å²) in [4.78, 5) is 0.270. The fraction of sp³-hybridized carbons (Fsp3) is 0.571. The SMILES string of the molecule is Cc1cccc(S(=O)(=O)N2CCC3(CC2)OCCS3)c1. The second-order valence-electron chi connectivity index (χ2n) is 5.33. The topological polar surface area (TPSA) is 46.6 Å². The van der Waals surface area contributed by atoms with E-state index in [9.17, 15) is 8.42 Å². The molecule has 0 saturated carbocycles. The fourth-order valence-corrected chi connectivity index (χ4v) is 5.50. The number of hydrogen-bond donors (Lipinski definition) is 0. The standard InChI is InChI=1S/C14H19NO3S2/c1-12-3-2-4-13(11-12)20(16,17)15-7-5-14(6-8-15)18-9-10-19-14/h2-4,11H,5-10H2,1H3. The highest BCUT2D eigenvalue weighted by Crippen LogP contribution is 2.42. The molecule has 1 aromatic carbocycles. The molecule has 2 heterocycles. The quantitative estimate of drug-likeness (QED) is 0.840. The number of thioether (sulfide) groups is 1. The second kappa shape index (κ2) is 5.33. The minimum absolute atomic E-state index is 0.126. The first-order chi connectivity index (χ1) is 9.52. The Bertz CT molecular complexity index is 584. The Morgan fingerprint density at radius 1 is 1.30 bits per heavy atom. The molecular formula is C14H19NO3S2. The van der Waals surface area contributed by atoms with Gasteiger partial charge in [0, 0.05) is 18.8 Å². The van der Waals surface area contributed by atoms with Gasteiger partial charge in [0.25, 0.3) is 0 Å². The number of nitrogens with zero attached hydrogens (tertiary/aromatic N) is 1. The van der Waals surface area contributed by atoms with E-state index in [4.69, 9.17) is 4.74 Å². The molecule has 0 amide bonds. The Labute approximate surface area is 124 Å². The average molecular weight is 313 g/mol. The molecule has 0 radical (unpaired) electrons. The van der Waals surface area contributed by atoms with Crippen LogP contribution in [-0.2, 0) is 14.8 Å². The highest BCUT2D eigenvalue weighted by Gasteiger charge is 2.42. The first-order valence-corrected chi connectivity index (χ1v) is 9.29. The van der Waals surface area contributed by atoms with Crippen molar-refractivity contribution in [2.45, 2.75) is 29.6 Å². The Morgan fingerprint density at radius 2 is 2.05 bits per heavy atom. The van der Waals surface area contributed by atoms with E-state index in [1.807, 2.05) is 24.8 Å². The Kier molecular flexibility index (Phi) is 3.83. The van der Waals surface area contributed by atoms with E-state index >= 15 is 0 Å². The minimum Gasteiger partial charge on any atom is -0.363 e. The summed E-state index contributed by atoms with van der Waals surface area (Å²) in [6.07, 6.45) is 1.56. The van der Waals surface area contributed by atoms with E-state index in [2.05, 4.69) is 0 Å². The summed E-state index contributed by atoms with van der Waals surface area (Å²) in [7, 11) is -3.36. The summed E-state index contributed by atoms with van der Waals surface area (Å²) < 4.78 is 32.6. The van der Waals surface area contributed by atoms with Gasteiger partial charge in [0.1, 0.15) is 4.93 Å². The van der Waals surface area contributed by atoms with Crippen LogP contribution in [0.3, 0.4) is 0 Å². The Balaban J connectivity index is 1.77. The fourth-order valence-electron chi connectivity index (χ4n) is 2.78. The van der Waals surface area contributed by atoms with Crippen molar-refractivity contribution in [3.63, 3.8) is 0 Å². The van der Waals surface area contributed by atoms with E-state index in [0.717, 1.165) is 30.8 Å². The van der Waals surface area contributed by atoms with E-state index in [0.29, 0.717) is 18.0 Å². The van der Waals surface area contributed by atoms with Crippen molar-refractivity contribution in [3.8, 4) is 0 Å². The predicted octanol–water partition coefficient (Wildman–Crippen LogP) is 2.24. The minimum atomic E-state index is -3.36. The van der Waals surface area contributed by atoms with Gasteiger partial charge in [0.2, 0.25) is 10.0 Å². The lowest BCUT2D eigenvalue weighted by Gasteiger charge is -2.37. The number of hydrogen-bond acceptors (Lipinski definition) is 4. The Morgan fingerprint density at radius 3 is 2.65 bits per heavy atom. The normalized spacial score (nSPS) is 23.2. The van der Waals surface area contributed by atoms with Gasteiger partial charge in [-0.2, -0.15) is 4.31 Å². The molecule has 0 aliphatic carbocycles. The lowest BCUT2D eigenvalue weighted by molar-refractivity contribution is 0.0162. The molecule has 0 N–H and O–H groups in total. The maximum absolute atomic E-state index is 12.6.